The van der Waals surface area contributed by atoms with Crippen LogP contribution in [0.5, 0.6) is 0 Å². The molecule has 0 nitrogen and oxygen atoms in total. The number of rotatable bonds is 31. The Bertz CT molecular complexity index is 360. The van der Waals surface area contributed by atoms with Gasteiger partial charge >= 0.3 is 0 Å². The van der Waals surface area contributed by atoms with Crippen molar-refractivity contribution in [3.05, 3.63) is 0 Å². The molecule has 0 unspecified atom stereocenters. The summed E-state index contributed by atoms with van der Waals surface area (Å²) in [6.45, 7) is 7.04. The molecule has 0 aliphatic carbocycles. The predicted octanol–water partition coefficient (Wildman–Crippen LogP) is 10.6. The van der Waals surface area contributed by atoms with Crippen LogP contribution in [0.4, 0.5) is 0 Å². The number of unbranched alkanes of at least 4 members (excludes halogenated alkanes) is 22. The van der Waals surface area contributed by atoms with Crippen LogP contribution in [-0.2, 0) is 0 Å². The van der Waals surface area contributed by atoms with Gasteiger partial charge in [-0.2, -0.15) is 0 Å². The van der Waals surface area contributed by atoms with Crippen LogP contribution in [0.1, 0.15) is 188 Å². The molecule has 0 aromatic rings. The van der Waals surface area contributed by atoms with Crippen LogP contribution in [0.3, 0.4) is 0 Å². The van der Waals surface area contributed by atoms with Crippen molar-refractivity contribution in [1.82, 2.24) is 0 Å². The Labute approximate surface area is 256 Å². The molecule has 0 aromatic heterocycles. The lowest BCUT2D eigenvalue weighted by molar-refractivity contribution is -0.00000802. The molecule has 0 spiro atoms. The summed E-state index contributed by atoms with van der Waals surface area (Å²) < 4.78 is 0. The van der Waals surface area contributed by atoms with Crippen molar-refractivity contribution in [3.63, 3.8) is 0 Å². The Hall–Kier alpha value is 1.39. The van der Waals surface area contributed by atoms with Crippen LogP contribution in [0.15, 0.2) is 0 Å². The minimum absolute atomic E-state index is 0. The smallest absolute Gasteiger partial charge is 0.0594 e. The van der Waals surface area contributed by atoms with Gasteiger partial charge in [0.15, 0.2) is 0 Å². The van der Waals surface area contributed by atoms with E-state index in [0.717, 1.165) is 0 Å². The largest absolute Gasteiger partial charge is 1.00 e. The van der Waals surface area contributed by atoms with Crippen molar-refractivity contribution in [2.24, 2.45) is 0 Å². The van der Waals surface area contributed by atoms with Crippen molar-refractivity contribution in [3.8, 4) is 0 Å². The maximum atomic E-state index is 3.57. The molecule has 0 radical (unpaired) electrons. The Kier molecular flexibility index (Phi) is 36.8. The molecule has 0 heterocycles. The van der Waals surface area contributed by atoms with E-state index >= 15 is 0 Å². The zero-order valence-electron chi connectivity index (χ0n) is 26.1. The van der Waals surface area contributed by atoms with E-state index < -0.39 is 7.26 Å². The van der Waals surface area contributed by atoms with Crippen LogP contribution in [0.2, 0.25) is 0 Å². The zero-order chi connectivity index (χ0) is 26.4. The minimum atomic E-state index is -0.739. The lowest BCUT2D eigenvalue weighted by atomic mass is 10.1. The van der Waals surface area contributed by atoms with E-state index in [-0.39, 0.29) is 17.0 Å². The topological polar surface area (TPSA) is 0 Å². The molecular formula is C34H71Br2P. The first-order valence-corrected chi connectivity index (χ1v) is 20.8. The fourth-order valence-electron chi connectivity index (χ4n) is 5.96. The van der Waals surface area contributed by atoms with Gasteiger partial charge in [0.05, 0.1) is 24.6 Å². The van der Waals surface area contributed by atoms with Gasteiger partial charge in [0, 0.05) is 12.6 Å². The van der Waals surface area contributed by atoms with E-state index in [1.165, 1.54) is 147 Å². The van der Waals surface area contributed by atoms with Gasteiger partial charge in [0.2, 0.25) is 0 Å². The monoisotopic (exact) mass is 668 g/mol. The highest BCUT2D eigenvalue weighted by molar-refractivity contribution is 9.09. The molecule has 0 rings (SSSR count). The molecule has 0 bridgehead atoms. The fourth-order valence-corrected chi connectivity index (χ4v) is 11.3. The molecule has 37 heavy (non-hydrogen) atoms. The third-order valence-electron chi connectivity index (χ3n) is 8.47. The summed E-state index contributed by atoms with van der Waals surface area (Å²) in [6, 6.07) is 0. The average Bonchev–Trinajstić information content (AvgIpc) is 2.89. The van der Waals surface area contributed by atoms with E-state index in [4.69, 9.17) is 0 Å². The highest BCUT2D eigenvalue weighted by Gasteiger charge is 2.34. The summed E-state index contributed by atoms with van der Waals surface area (Å²) in [4.78, 5) is 0. The second kappa shape index (κ2) is 33.6. The van der Waals surface area contributed by atoms with Crippen molar-refractivity contribution < 1.29 is 17.0 Å². The van der Waals surface area contributed by atoms with Gasteiger partial charge in [0.1, 0.15) is 0 Å². The van der Waals surface area contributed by atoms with Crippen LogP contribution in [0, 0.1) is 0 Å². The van der Waals surface area contributed by atoms with E-state index in [1.54, 1.807) is 50.3 Å². The number of hydrogen-bond donors (Lipinski definition) is 0. The third-order valence-corrected chi connectivity index (χ3v) is 14.1. The molecule has 0 N–H and O–H groups in total. The van der Waals surface area contributed by atoms with E-state index in [1.807, 2.05) is 0 Å². The normalized spacial score (nSPS) is 11.7. The second-order valence-corrected chi connectivity index (χ2v) is 17.3. The Morgan fingerprint density at radius 2 is 0.541 bits per heavy atom. The first-order valence-electron chi connectivity index (χ1n) is 17.2. The van der Waals surface area contributed by atoms with Gasteiger partial charge in [-0.1, -0.05) is 146 Å². The number of alkyl halides is 1. The van der Waals surface area contributed by atoms with Crippen LogP contribution in [0.25, 0.3) is 0 Å². The van der Waals surface area contributed by atoms with E-state index in [9.17, 15) is 0 Å². The van der Waals surface area contributed by atoms with Crippen LogP contribution >= 0.6 is 23.2 Å². The van der Waals surface area contributed by atoms with Gasteiger partial charge in [-0.15, -0.1) is 0 Å². The standard InChI is InChI=1S/C34H71BrP.BrH/c1-4-7-10-13-21-26-31-36(32-27-22-14-11-8-5-2,33-28-23-15-12-9-6-3)34-29-24-19-17-16-18-20-25-30-35;/h4-34H2,1-3H3;1H/q+1;/p-1. The lowest BCUT2D eigenvalue weighted by Gasteiger charge is -2.28. The highest BCUT2D eigenvalue weighted by atomic mass is 79.9. The van der Waals surface area contributed by atoms with Gasteiger partial charge in [-0.3, -0.25) is 0 Å². The van der Waals surface area contributed by atoms with Crippen LogP contribution in [-0.4, -0.2) is 30.0 Å². The molecule has 0 atom stereocenters. The van der Waals surface area contributed by atoms with Gasteiger partial charge in [-0.05, 0) is 57.8 Å². The summed E-state index contributed by atoms with van der Waals surface area (Å²) in [5.74, 6) is 0. The lowest BCUT2D eigenvalue weighted by Crippen LogP contribution is -3.00. The number of halogens is 2. The molecular weight excluding hydrogens is 599 g/mol. The average molecular weight is 671 g/mol. The van der Waals surface area contributed by atoms with E-state index in [0.29, 0.717) is 0 Å². The second-order valence-electron chi connectivity index (χ2n) is 12.1. The molecule has 0 amide bonds. The van der Waals surface area contributed by atoms with Crippen molar-refractivity contribution >= 4 is 23.2 Å². The van der Waals surface area contributed by atoms with Crippen molar-refractivity contribution in [2.45, 2.75) is 188 Å². The Balaban J connectivity index is 0. The maximum absolute atomic E-state index is 3.57. The summed E-state index contributed by atoms with van der Waals surface area (Å²) >= 11 is 3.57. The zero-order valence-corrected chi connectivity index (χ0v) is 30.2. The van der Waals surface area contributed by atoms with Crippen molar-refractivity contribution in [2.75, 3.05) is 30.0 Å². The summed E-state index contributed by atoms with van der Waals surface area (Å²) in [7, 11) is -0.739. The molecule has 0 aliphatic rings. The predicted molar refractivity (Wildman–Crippen MR) is 177 cm³/mol. The molecule has 0 fully saturated rings. The fraction of sp³-hybridized carbons (Fsp3) is 1.00. The molecule has 0 saturated carbocycles. The first-order chi connectivity index (χ1) is 17.7. The first kappa shape index (κ1) is 40.5. The van der Waals surface area contributed by atoms with E-state index in [2.05, 4.69) is 36.7 Å². The summed E-state index contributed by atoms with van der Waals surface area (Å²) in [5, 5.41) is 1.19. The molecule has 226 valence electrons. The van der Waals surface area contributed by atoms with Gasteiger partial charge in [0.25, 0.3) is 0 Å². The minimum Gasteiger partial charge on any atom is -1.00 e. The van der Waals surface area contributed by atoms with Gasteiger partial charge < -0.3 is 17.0 Å². The number of hydrogen-bond acceptors (Lipinski definition) is 0. The molecule has 0 aromatic carbocycles. The Morgan fingerprint density at radius 3 is 0.784 bits per heavy atom. The van der Waals surface area contributed by atoms with Crippen molar-refractivity contribution in [1.29, 1.82) is 0 Å². The summed E-state index contributed by atoms with van der Waals surface area (Å²) in [6.07, 6.45) is 45.0. The quantitative estimate of drug-likeness (QED) is 0.0391. The molecule has 3 heteroatoms. The SMILES string of the molecule is CCCCCCCC[P+](CCCCCCCC)(CCCCCCCC)CCCCCCCCCCBr.[Br-]. The Morgan fingerprint density at radius 1 is 0.324 bits per heavy atom. The molecule has 0 aliphatic heterocycles. The highest BCUT2D eigenvalue weighted by Crippen LogP contribution is 2.61. The van der Waals surface area contributed by atoms with Crippen LogP contribution < -0.4 is 17.0 Å². The maximum Gasteiger partial charge on any atom is 0.0594 e. The third kappa shape index (κ3) is 28.7. The molecule has 0 saturated heterocycles. The summed E-state index contributed by atoms with van der Waals surface area (Å²) in [5.41, 5.74) is 0. The van der Waals surface area contributed by atoms with Gasteiger partial charge in [-0.25, -0.2) is 0 Å².